The van der Waals surface area contributed by atoms with Gasteiger partial charge in [-0.25, -0.2) is 0 Å². The second-order valence-electron chi connectivity index (χ2n) is 6.41. The molecule has 0 aromatic heterocycles. The third-order valence-electron chi connectivity index (χ3n) is 4.23. The molecule has 0 heterocycles. The molecule has 0 aliphatic heterocycles. The second kappa shape index (κ2) is 18.0. The van der Waals surface area contributed by atoms with Crippen LogP contribution in [0.25, 0.3) is 0 Å². The van der Waals surface area contributed by atoms with Gasteiger partial charge in [0.2, 0.25) is 0 Å². The first-order chi connectivity index (χ1) is 10.3. The molecule has 0 amide bonds. The summed E-state index contributed by atoms with van der Waals surface area (Å²) in [5.41, 5.74) is 5.70. The van der Waals surface area contributed by atoms with Crippen molar-refractivity contribution < 1.29 is 4.74 Å². The minimum absolute atomic E-state index is 0.0491. The highest BCUT2D eigenvalue weighted by atomic mass is 16.5. The molecule has 21 heavy (non-hydrogen) atoms. The maximum atomic E-state index is 5.70. The number of ether oxygens (including phenoxy) is 1. The van der Waals surface area contributed by atoms with Gasteiger partial charge in [0.05, 0.1) is 0 Å². The molecular formula is C19H41NO. The molecule has 0 bridgehead atoms. The van der Waals surface area contributed by atoms with E-state index < -0.39 is 0 Å². The molecule has 0 aromatic rings. The van der Waals surface area contributed by atoms with Crippen LogP contribution in [0.3, 0.4) is 0 Å². The Bertz CT molecular complexity index is 184. The minimum Gasteiger partial charge on any atom is -0.364 e. The Kier molecular flexibility index (Phi) is 17.9. The van der Waals surface area contributed by atoms with Gasteiger partial charge < -0.3 is 10.5 Å². The maximum absolute atomic E-state index is 5.70. The molecule has 2 nitrogen and oxygen atoms in total. The molecule has 1 atom stereocenters. The summed E-state index contributed by atoms with van der Waals surface area (Å²) < 4.78 is 5.48. The standard InChI is InChI=1S/C19H41NO/c1-3-5-6-7-8-9-10-11-12-13-14-15-16-17-18-21-19(20)4-2/h19H,3-18,20H2,1-2H3. The van der Waals surface area contributed by atoms with Gasteiger partial charge in [-0.1, -0.05) is 97.3 Å². The van der Waals surface area contributed by atoms with Crippen LogP contribution in [0, 0.1) is 0 Å². The zero-order valence-corrected chi connectivity index (χ0v) is 14.9. The molecule has 0 saturated heterocycles. The fourth-order valence-corrected chi connectivity index (χ4v) is 2.65. The summed E-state index contributed by atoms with van der Waals surface area (Å²) in [6.45, 7) is 5.19. The molecule has 0 aliphatic rings. The van der Waals surface area contributed by atoms with Crippen LogP contribution in [0.4, 0.5) is 0 Å². The lowest BCUT2D eigenvalue weighted by Crippen LogP contribution is -2.22. The maximum Gasteiger partial charge on any atom is 0.105 e. The Morgan fingerprint density at radius 2 is 1.00 bits per heavy atom. The van der Waals surface area contributed by atoms with Crippen LogP contribution in [0.1, 0.15) is 110 Å². The molecule has 0 saturated carbocycles. The second-order valence-corrected chi connectivity index (χ2v) is 6.41. The highest BCUT2D eigenvalue weighted by Gasteiger charge is 1.98. The molecule has 0 aliphatic carbocycles. The summed E-state index contributed by atoms with van der Waals surface area (Å²) in [5, 5.41) is 0. The van der Waals surface area contributed by atoms with Gasteiger partial charge >= 0.3 is 0 Å². The smallest absolute Gasteiger partial charge is 0.105 e. The summed E-state index contributed by atoms with van der Waals surface area (Å²) in [6.07, 6.45) is 20.5. The van der Waals surface area contributed by atoms with Crippen LogP contribution in [0.2, 0.25) is 0 Å². The van der Waals surface area contributed by atoms with Gasteiger partial charge in [0.25, 0.3) is 0 Å². The minimum atomic E-state index is -0.0491. The van der Waals surface area contributed by atoms with E-state index in [1.165, 1.54) is 89.9 Å². The fourth-order valence-electron chi connectivity index (χ4n) is 2.65. The Morgan fingerprint density at radius 1 is 0.619 bits per heavy atom. The van der Waals surface area contributed by atoms with E-state index in [9.17, 15) is 0 Å². The van der Waals surface area contributed by atoms with E-state index >= 15 is 0 Å². The zero-order valence-electron chi connectivity index (χ0n) is 14.9. The van der Waals surface area contributed by atoms with Crippen molar-refractivity contribution in [1.29, 1.82) is 0 Å². The third-order valence-corrected chi connectivity index (χ3v) is 4.23. The molecule has 2 heteroatoms. The predicted octanol–water partition coefficient (Wildman–Crippen LogP) is 6.18. The quantitative estimate of drug-likeness (QED) is 0.257. The first-order valence-electron chi connectivity index (χ1n) is 9.68. The first-order valence-corrected chi connectivity index (χ1v) is 9.68. The van der Waals surface area contributed by atoms with Gasteiger partial charge in [-0.2, -0.15) is 0 Å². The van der Waals surface area contributed by atoms with E-state index in [1.54, 1.807) is 0 Å². The van der Waals surface area contributed by atoms with E-state index in [0.717, 1.165) is 13.0 Å². The van der Waals surface area contributed by atoms with Gasteiger partial charge in [-0.05, 0) is 12.8 Å². The summed E-state index contributed by atoms with van der Waals surface area (Å²) in [7, 11) is 0. The lowest BCUT2D eigenvalue weighted by Gasteiger charge is -2.09. The molecule has 128 valence electrons. The normalized spacial score (nSPS) is 12.7. The molecule has 0 radical (unpaired) electrons. The summed E-state index contributed by atoms with van der Waals surface area (Å²) in [6, 6.07) is 0. The Balaban J connectivity index is 2.96. The van der Waals surface area contributed by atoms with Crippen molar-refractivity contribution in [3.63, 3.8) is 0 Å². The van der Waals surface area contributed by atoms with Crippen LogP contribution in [-0.4, -0.2) is 12.8 Å². The van der Waals surface area contributed by atoms with Crippen molar-refractivity contribution >= 4 is 0 Å². The van der Waals surface area contributed by atoms with Crippen molar-refractivity contribution in [1.82, 2.24) is 0 Å². The highest BCUT2D eigenvalue weighted by Crippen LogP contribution is 2.12. The SMILES string of the molecule is CCCCCCCCCCCCCCCCOC(N)CC. The fraction of sp³-hybridized carbons (Fsp3) is 1.00. The largest absolute Gasteiger partial charge is 0.364 e. The lowest BCUT2D eigenvalue weighted by atomic mass is 10.0. The van der Waals surface area contributed by atoms with Crippen LogP contribution >= 0.6 is 0 Å². The molecule has 1 unspecified atom stereocenters. The Morgan fingerprint density at radius 3 is 1.38 bits per heavy atom. The van der Waals surface area contributed by atoms with Crippen molar-refractivity contribution in [3.8, 4) is 0 Å². The van der Waals surface area contributed by atoms with Crippen molar-refractivity contribution in [3.05, 3.63) is 0 Å². The average molecular weight is 300 g/mol. The zero-order chi connectivity index (χ0) is 15.6. The van der Waals surface area contributed by atoms with Gasteiger partial charge in [0, 0.05) is 6.61 Å². The number of unbranched alkanes of at least 4 members (excludes halogenated alkanes) is 13. The first kappa shape index (κ1) is 20.9. The molecular weight excluding hydrogens is 258 g/mol. The summed E-state index contributed by atoms with van der Waals surface area (Å²) in [5.74, 6) is 0. The van der Waals surface area contributed by atoms with E-state index in [-0.39, 0.29) is 6.23 Å². The van der Waals surface area contributed by atoms with Crippen LogP contribution in [-0.2, 0) is 4.74 Å². The number of hydrogen-bond donors (Lipinski definition) is 1. The van der Waals surface area contributed by atoms with Gasteiger partial charge in [-0.15, -0.1) is 0 Å². The van der Waals surface area contributed by atoms with Crippen LogP contribution in [0.15, 0.2) is 0 Å². The summed E-state index contributed by atoms with van der Waals surface area (Å²) >= 11 is 0. The topological polar surface area (TPSA) is 35.2 Å². The number of hydrogen-bond acceptors (Lipinski definition) is 2. The van der Waals surface area contributed by atoms with Crippen molar-refractivity contribution in [2.24, 2.45) is 5.73 Å². The van der Waals surface area contributed by atoms with E-state index in [4.69, 9.17) is 10.5 Å². The average Bonchev–Trinajstić information content (AvgIpc) is 2.50. The van der Waals surface area contributed by atoms with E-state index in [0.29, 0.717) is 0 Å². The van der Waals surface area contributed by atoms with E-state index in [1.807, 2.05) is 0 Å². The molecule has 0 fully saturated rings. The lowest BCUT2D eigenvalue weighted by molar-refractivity contribution is 0.0526. The molecule has 0 aromatic carbocycles. The monoisotopic (exact) mass is 299 g/mol. The molecule has 0 spiro atoms. The van der Waals surface area contributed by atoms with Gasteiger partial charge in [0.15, 0.2) is 0 Å². The van der Waals surface area contributed by atoms with E-state index in [2.05, 4.69) is 13.8 Å². The third kappa shape index (κ3) is 17.9. The number of nitrogens with two attached hydrogens (primary N) is 1. The highest BCUT2D eigenvalue weighted by molar-refractivity contribution is 4.49. The van der Waals surface area contributed by atoms with Crippen LogP contribution in [0.5, 0.6) is 0 Å². The molecule has 0 rings (SSSR count). The Hall–Kier alpha value is -0.0800. The van der Waals surface area contributed by atoms with Gasteiger partial charge in [-0.3, -0.25) is 0 Å². The van der Waals surface area contributed by atoms with Crippen LogP contribution < -0.4 is 5.73 Å². The van der Waals surface area contributed by atoms with Crippen molar-refractivity contribution in [2.45, 2.75) is 116 Å². The number of rotatable bonds is 17. The predicted molar refractivity (Wildman–Crippen MR) is 94.5 cm³/mol. The molecule has 2 N–H and O–H groups in total. The van der Waals surface area contributed by atoms with Gasteiger partial charge in [0.1, 0.15) is 6.23 Å². The summed E-state index contributed by atoms with van der Waals surface area (Å²) in [4.78, 5) is 0. The Labute approximate surface area is 134 Å². The van der Waals surface area contributed by atoms with Crippen molar-refractivity contribution in [2.75, 3.05) is 6.61 Å².